The highest BCUT2D eigenvalue weighted by atomic mass is 79.9. The van der Waals surface area contributed by atoms with Crippen molar-refractivity contribution in [2.24, 2.45) is 0 Å². The van der Waals surface area contributed by atoms with Gasteiger partial charge >= 0.3 is 5.97 Å². The highest BCUT2D eigenvalue weighted by Crippen LogP contribution is 2.26. The number of benzene rings is 1. The van der Waals surface area contributed by atoms with Crippen LogP contribution in [0.4, 0.5) is 0 Å². The predicted octanol–water partition coefficient (Wildman–Crippen LogP) is 2.33. The van der Waals surface area contributed by atoms with Crippen molar-refractivity contribution in [3.05, 3.63) is 32.7 Å². The summed E-state index contributed by atoms with van der Waals surface area (Å²) < 4.78 is 1.53. The number of rotatable bonds is 2. The Morgan fingerprint density at radius 2 is 1.92 bits per heavy atom. The Balaban J connectivity index is 3.03. The molecule has 1 atom stereocenters. The van der Waals surface area contributed by atoms with Crippen molar-refractivity contribution < 1.29 is 15.0 Å². The summed E-state index contributed by atoms with van der Waals surface area (Å²) in [5, 5.41) is 17.7. The van der Waals surface area contributed by atoms with Crippen molar-refractivity contribution in [3.8, 4) is 0 Å². The second kappa shape index (κ2) is 4.21. The van der Waals surface area contributed by atoms with Gasteiger partial charge in [-0.05, 0) is 49.6 Å². The van der Waals surface area contributed by atoms with E-state index in [0.29, 0.717) is 10.0 Å². The summed E-state index contributed by atoms with van der Waals surface area (Å²) in [7, 11) is 0. The molecule has 13 heavy (non-hydrogen) atoms. The van der Waals surface area contributed by atoms with Crippen LogP contribution in [0, 0.1) is 0 Å². The first-order valence-electron chi connectivity index (χ1n) is 3.38. The third kappa shape index (κ3) is 2.52. The van der Waals surface area contributed by atoms with Gasteiger partial charge in [0.05, 0.1) is 0 Å². The number of carbonyl (C=O) groups is 1. The summed E-state index contributed by atoms with van der Waals surface area (Å²) in [4.78, 5) is 10.4. The normalized spacial score (nSPS) is 12.5. The molecule has 3 nitrogen and oxygen atoms in total. The molecule has 0 fully saturated rings. The summed E-state index contributed by atoms with van der Waals surface area (Å²) in [6, 6.07) is 4.78. The van der Waals surface area contributed by atoms with Crippen molar-refractivity contribution in [3.63, 3.8) is 0 Å². The van der Waals surface area contributed by atoms with Crippen molar-refractivity contribution in [1.82, 2.24) is 0 Å². The molecular formula is C8H6Br2O3. The lowest BCUT2D eigenvalue weighted by Gasteiger charge is -2.06. The van der Waals surface area contributed by atoms with Crippen LogP contribution in [0.5, 0.6) is 0 Å². The van der Waals surface area contributed by atoms with E-state index in [2.05, 4.69) is 31.9 Å². The summed E-state index contributed by atoms with van der Waals surface area (Å²) >= 11 is 6.45. The van der Waals surface area contributed by atoms with Gasteiger partial charge in [-0.15, -0.1) is 0 Å². The molecular weight excluding hydrogens is 304 g/mol. The van der Waals surface area contributed by atoms with Gasteiger partial charge in [0.2, 0.25) is 0 Å². The second-order valence-corrected chi connectivity index (χ2v) is 4.12. The quantitative estimate of drug-likeness (QED) is 0.881. The van der Waals surface area contributed by atoms with Crippen LogP contribution in [-0.2, 0) is 4.79 Å². The smallest absolute Gasteiger partial charge is 0.337 e. The largest absolute Gasteiger partial charge is 0.479 e. The average Bonchev–Trinajstić information content (AvgIpc) is 2.08. The zero-order valence-electron chi connectivity index (χ0n) is 6.37. The SMILES string of the molecule is O=C(O)C(O)c1ccc(Br)c(Br)c1. The minimum absolute atomic E-state index is 0.350. The first-order chi connectivity index (χ1) is 6.02. The van der Waals surface area contributed by atoms with E-state index in [9.17, 15) is 9.90 Å². The Kier molecular flexibility index (Phi) is 3.47. The maximum Gasteiger partial charge on any atom is 0.337 e. The molecule has 0 aliphatic heterocycles. The Hall–Kier alpha value is -0.390. The van der Waals surface area contributed by atoms with Crippen LogP contribution in [0.1, 0.15) is 11.7 Å². The number of carboxylic acids is 1. The maximum atomic E-state index is 10.4. The molecule has 0 radical (unpaired) electrons. The molecule has 1 aromatic carbocycles. The number of aliphatic hydroxyl groups is 1. The molecule has 0 spiro atoms. The first kappa shape index (κ1) is 10.7. The highest BCUT2D eigenvalue weighted by Gasteiger charge is 2.16. The number of aliphatic hydroxyl groups excluding tert-OH is 1. The van der Waals surface area contributed by atoms with E-state index in [1.165, 1.54) is 0 Å². The number of hydrogen-bond acceptors (Lipinski definition) is 2. The third-order valence-electron chi connectivity index (χ3n) is 1.49. The summed E-state index contributed by atoms with van der Waals surface area (Å²) in [6.45, 7) is 0. The standard InChI is InChI=1S/C8H6Br2O3/c9-5-2-1-4(3-6(5)10)7(11)8(12)13/h1-3,7,11H,(H,12,13). The Morgan fingerprint density at radius 3 is 2.38 bits per heavy atom. The van der Waals surface area contributed by atoms with Crippen LogP contribution >= 0.6 is 31.9 Å². The molecule has 5 heteroatoms. The molecule has 1 rings (SSSR count). The lowest BCUT2D eigenvalue weighted by molar-refractivity contribution is -0.146. The van der Waals surface area contributed by atoms with E-state index in [1.807, 2.05) is 0 Å². The van der Waals surface area contributed by atoms with E-state index >= 15 is 0 Å². The molecule has 0 aliphatic carbocycles. The molecule has 0 aliphatic rings. The Morgan fingerprint density at radius 1 is 1.31 bits per heavy atom. The zero-order valence-corrected chi connectivity index (χ0v) is 9.54. The summed E-state index contributed by atoms with van der Waals surface area (Å²) in [5.74, 6) is -1.26. The van der Waals surface area contributed by atoms with Gasteiger partial charge in [0, 0.05) is 8.95 Å². The van der Waals surface area contributed by atoms with Crippen molar-refractivity contribution in [2.75, 3.05) is 0 Å². The van der Waals surface area contributed by atoms with Gasteiger partial charge in [0.25, 0.3) is 0 Å². The summed E-state index contributed by atoms with van der Waals surface area (Å²) in [5.41, 5.74) is 0.350. The van der Waals surface area contributed by atoms with Gasteiger partial charge in [0.1, 0.15) is 0 Å². The lowest BCUT2D eigenvalue weighted by Crippen LogP contribution is -2.10. The lowest BCUT2D eigenvalue weighted by atomic mass is 10.1. The molecule has 0 amide bonds. The van der Waals surface area contributed by atoms with Crippen LogP contribution in [0.15, 0.2) is 27.1 Å². The minimum Gasteiger partial charge on any atom is -0.479 e. The molecule has 0 bridgehead atoms. The maximum absolute atomic E-state index is 10.4. The van der Waals surface area contributed by atoms with Crippen LogP contribution in [0.25, 0.3) is 0 Å². The monoisotopic (exact) mass is 308 g/mol. The van der Waals surface area contributed by atoms with E-state index in [1.54, 1.807) is 18.2 Å². The van der Waals surface area contributed by atoms with Crippen molar-refractivity contribution >= 4 is 37.8 Å². The molecule has 0 aromatic heterocycles. The van der Waals surface area contributed by atoms with Crippen LogP contribution in [0.2, 0.25) is 0 Å². The van der Waals surface area contributed by atoms with Gasteiger partial charge in [-0.25, -0.2) is 4.79 Å². The molecule has 0 saturated carbocycles. The number of aliphatic carboxylic acids is 1. The predicted molar refractivity (Wildman–Crippen MR) is 54.4 cm³/mol. The fraction of sp³-hybridized carbons (Fsp3) is 0.125. The molecule has 70 valence electrons. The van der Waals surface area contributed by atoms with E-state index in [4.69, 9.17) is 5.11 Å². The second-order valence-electron chi connectivity index (χ2n) is 2.41. The van der Waals surface area contributed by atoms with Crippen molar-refractivity contribution in [2.45, 2.75) is 6.10 Å². The highest BCUT2D eigenvalue weighted by molar-refractivity contribution is 9.13. The number of carboxylic acid groups (broad SMARTS) is 1. The molecule has 0 heterocycles. The molecule has 1 unspecified atom stereocenters. The van der Waals surface area contributed by atoms with Gasteiger partial charge < -0.3 is 10.2 Å². The van der Waals surface area contributed by atoms with Gasteiger partial charge in [-0.3, -0.25) is 0 Å². The van der Waals surface area contributed by atoms with E-state index in [-0.39, 0.29) is 0 Å². The Bertz CT molecular complexity index is 338. The van der Waals surface area contributed by atoms with Crippen LogP contribution < -0.4 is 0 Å². The van der Waals surface area contributed by atoms with Gasteiger partial charge in [0.15, 0.2) is 6.10 Å². The fourth-order valence-electron chi connectivity index (χ4n) is 0.825. The average molecular weight is 310 g/mol. The molecule has 1 aromatic rings. The topological polar surface area (TPSA) is 57.5 Å². The third-order valence-corrected chi connectivity index (χ3v) is 3.37. The minimum atomic E-state index is -1.47. The number of halogens is 2. The van der Waals surface area contributed by atoms with E-state index < -0.39 is 12.1 Å². The summed E-state index contributed by atoms with van der Waals surface area (Å²) in [6.07, 6.45) is -1.47. The van der Waals surface area contributed by atoms with Gasteiger partial charge in [-0.1, -0.05) is 6.07 Å². The molecule has 2 N–H and O–H groups in total. The zero-order chi connectivity index (χ0) is 10.0. The fourth-order valence-corrected chi connectivity index (χ4v) is 1.47. The number of hydrogen-bond donors (Lipinski definition) is 2. The van der Waals surface area contributed by atoms with Crippen LogP contribution in [-0.4, -0.2) is 16.2 Å². The first-order valence-corrected chi connectivity index (χ1v) is 4.97. The van der Waals surface area contributed by atoms with Crippen LogP contribution in [0.3, 0.4) is 0 Å². The molecule has 0 saturated heterocycles. The van der Waals surface area contributed by atoms with Gasteiger partial charge in [-0.2, -0.15) is 0 Å². The van der Waals surface area contributed by atoms with Crippen molar-refractivity contribution in [1.29, 1.82) is 0 Å². The van der Waals surface area contributed by atoms with E-state index in [0.717, 1.165) is 4.47 Å². The Labute approximate surface area is 91.6 Å².